The Hall–Kier alpha value is -1.61. The summed E-state index contributed by atoms with van der Waals surface area (Å²) < 4.78 is 4.98. The van der Waals surface area contributed by atoms with Crippen molar-refractivity contribution in [2.75, 3.05) is 0 Å². The highest BCUT2D eigenvalue weighted by molar-refractivity contribution is 5.67. The molecule has 2 rings (SSSR count). The fraction of sp³-hybridized carbons (Fsp3) is 0.250. The first kappa shape index (κ1) is 9.93. The van der Waals surface area contributed by atoms with Crippen molar-refractivity contribution in [3.8, 4) is 11.3 Å². The molecule has 0 spiro atoms. The maximum absolute atomic E-state index is 8.90. The lowest BCUT2D eigenvalue weighted by Crippen LogP contribution is -1.87. The fourth-order valence-electron chi connectivity index (χ4n) is 1.72. The van der Waals surface area contributed by atoms with Crippen LogP contribution in [0.2, 0.25) is 0 Å². The third kappa shape index (κ3) is 1.78. The second-order valence-corrected chi connectivity index (χ2v) is 3.60. The maximum Gasteiger partial charge on any atom is 0.162 e. The Morgan fingerprint density at radius 1 is 1.27 bits per heavy atom. The number of aliphatic hydroxyl groups is 1. The Morgan fingerprint density at radius 2 is 1.93 bits per heavy atom. The van der Waals surface area contributed by atoms with E-state index in [2.05, 4.69) is 5.16 Å². The number of hydrogen-bond acceptors (Lipinski definition) is 3. The molecule has 1 heterocycles. The van der Waals surface area contributed by atoms with Gasteiger partial charge >= 0.3 is 0 Å². The molecule has 0 unspecified atom stereocenters. The molecule has 0 atom stereocenters. The number of aliphatic hydroxyl groups excluding tert-OH is 1. The average Bonchev–Trinajstić information content (AvgIpc) is 2.66. The van der Waals surface area contributed by atoms with Gasteiger partial charge < -0.3 is 9.63 Å². The van der Waals surface area contributed by atoms with E-state index in [1.54, 1.807) is 6.07 Å². The van der Waals surface area contributed by atoms with E-state index >= 15 is 0 Å². The summed E-state index contributed by atoms with van der Waals surface area (Å²) >= 11 is 0. The van der Waals surface area contributed by atoms with Crippen LogP contribution in [-0.2, 0) is 6.61 Å². The highest BCUT2D eigenvalue weighted by Crippen LogP contribution is 2.26. The van der Waals surface area contributed by atoms with Gasteiger partial charge in [-0.25, -0.2) is 0 Å². The van der Waals surface area contributed by atoms with Crippen LogP contribution in [0.5, 0.6) is 0 Å². The molecule has 15 heavy (non-hydrogen) atoms. The molecule has 78 valence electrons. The molecule has 1 aromatic heterocycles. The van der Waals surface area contributed by atoms with Crippen LogP contribution in [0.15, 0.2) is 28.8 Å². The first-order valence-electron chi connectivity index (χ1n) is 4.85. The van der Waals surface area contributed by atoms with Crippen LogP contribution in [0.3, 0.4) is 0 Å². The molecule has 0 saturated carbocycles. The van der Waals surface area contributed by atoms with E-state index in [1.807, 2.05) is 32.0 Å². The summed E-state index contributed by atoms with van der Waals surface area (Å²) in [7, 11) is 0. The lowest BCUT2D eigenvalue weighted by atomic mass is 10.0. The normalized spacial score (nSPS) is 10.6. The van der Waals surface area contributed by atoms with Gasteiger partial charge in [-0.15, -0.1) is 0 Å². The molecule has 1 aromatic carbocycles. The summed E-state index contributed by atoms with van der Waals surface area (Å²) in [5, 5.41) is 12.8. The van der Waals surface area contributed by atoms with E-state index in [-0.39, 0.29) is 6.61 Å². The van der Waals surface area contributed by atoms with Crippen LogP contribution in [-0.4, -0.2) is 10.3 Å². The minimum absolute atomic E-state index is 0.113. The van der Waals surface area contributed by atoms with Gasteiger partial charge in [0.25, 0.3) is 0 Å². The van der Waals surface area contributed by atoms with Crippen molar-refractivity contribution in [1.82, 2.24) is 5.16 Å². The van der Waals surface area contributed by atoms with Gasteiger partial charge in [0, 0.05) is 11.6 Å². The SMILES string of the molecule is Cc1cccc(C)c1-c1cc(CO)on1. The van der Waals surface area contributed by atoms with Gasteiger partial charge in [-0.1, -0.05) is 23.4 Å². The fourth-order valence-corrected chi connectivity index (χ4v) is 1.72. The summed E-state index contributed by atoms with van der Waals surface area (Å²) in [6.07, 6.45) is 0. The standard InChI is InChI=1S/C12H13NO2/c1-8-4-3-5-9(2)12(8)11-6-10(7-14)15-13-11/h3-6,14H,7H2,1-2H3. The Kier molecular flexibility index (Phi) is 2.56. The summed E-state index contributed by atoms with van der Waals surface area (Å²) in [5.74, 6) is 0.493. The highest BCUT2D eigenvalue weighted by atomic mass is 16.5. The van der Waals surface area contributed by atoms with Crippen LogP contribution in [0, 0.1) is 13.8 Å². The topological polar surface area (TPSA) is 46.3 Å². The molecular formula is C12H13NO2. The molecule has 0 radical (unpaired) electrons. The quantitative estimate of drug-likeness (QED) is 0.815. The molecule has 0 saturated heterocycles. The van der Waals surface area contributed by atoms with Crippen molar-refractivity contribution in [3.05, 3.63) is 41.2 Å². The number of hydrogen-bond donors (Lipinski definition) is 1. The smallest absolute Gasteiger partial charge is 0.162 e. The van der Waals surface area contributed by atoms with E-state index in [9.17, 15) is 0 Å². The predicted molar refractivity (Wildman–Crippen MR) is 57.3 cm³/mol. The van der Waals surface area contributed by atoms with Crippen molar-refractivity contribution in [1.29, 1.82) is 0 Å². The zero-order chi connectivity index (χ0) is 10.8. The Bertz CT molecular complexity index is 454. The summed E-state index contributed by atoms with van der Waals surface area (Å²) in [5.41, 5.74) is 4.19. The number of benzene rings is 1. The second-order valence-electron chi connectivity index (χ2n) is 3.60. The van der Waals surface area contributed by atoms with E-state index < -0.39 is 0 Å². The van der Waals surface area contributed by atoms with Crippen LogP contribution in [0.1, 0.15) is 16.9 Å². The number of nitrogens with zero attached hydrogens (tertiary/aromatic N) is 1. The molecule has 3 nitrogen and oxygen atoms in total. The third-order valence-electron chi connectivity index (χ3n) is 2.45. The number of aromatic nitrogens is 1. The molecule has 0 aliphatic heterocycles. The summed E-state index contributed by atoms with van der Waals surface area (Å²) in [6.45, 7) is 3.96. The minimum Gasteiger partial charge on any atom is -0.388 e. The van der Waals surface area contributed by atoms with E-state index in [0.717, 1.165) is 22.4 Å². The summed E-state index contributed by atoms with van der Waals surface area (Å²) in [6, 6.07) is 7.86. The molecular weight excluding hydrogens is 190 g/mol. The second kappa shape index (κ2) is 3.87. The lowest BCUT2D eigenvalue weighted by molar-refractivity contribution is 0.229. The average molecular weight is 203 g/mol. The summed E-state index contributed by atoms with van der Waals surface area (Å²) in [4.78, 5) is 0. The van der Waals surface area contributed by atoms with E-state index in [0.29, 0.717) is 5.76 Å². The molecule has 0 bridgehead atoms. The van der Waals surface area contributed by atoms with Crippen molar-refractivity contribution >= 4 is 0 Å². The Labute approximate surface area is 88.3 Å². The molecule has 2 aromatic rings. The monoisotopic (exact) mass is 203 g/mol. The van der Waals surface area contributed by atoms with Gasteiger partial charge in [0.1, 0.15) is 12.3 Å². The first-order chi connectivity index (χ1) is 7.22. The van der Waals surface area contributed by atoms with Gasteiger partial charge in [0.2, 0.25) is 0 Å². The third-order valence-corrected chi connectivity index (χ3v) is 2.45. The van der Waals surface area contributed by atoms with Crippen molar-refractivity contribution in [2.45, 2.75) is 20.5 Å². The van der Waals surface area contributed by atoms with Crippen LogP contribution >= 0.6 is 0 Å². The molecule has 0 aliphatic rings. The van der Waals surface area contributed by atoms with Gasteiger partial charge in [-0.05, 0) is 25.0 Å². The van der Waals surface area contributed by atoms with E-state index in [4.69, 9.17) is 9.63 Å². The Morgan fingerprint density at radius 3 is 2.47 bits per heavy atom. The van der Waals surface area contributed by atoms with Crippen molar-refractivity contribution in [2.24, 2.45) is 0 Å². The van der Waals surface area contributed by atoms with Crippen molar-refractivity contribution < 1.29 is 9.63 Å². The molecule has 0 aliphatic carbocycles. The number of rotatable bonds is 2. The largest absolute Gasteiger partial charge is 0.388 e. The van der Waals surface area contributed by atoms with Crippen LogP contribution in [0.4, 0.5) is 0 Å². The zero-order valence-electron chi connectivity index (χ0n) is 8.82. The Balaban J connectivity index is 2.53. The van der Waals surface area contributed by atoms with Crippen LogP contribution in [0.25, 0.3) is 11.3 Å². The molecule has 1 N–H and O–H groups in total. The minimum atomic E-state index is -0.113. The molecule has 3 heteroatoms. The highest BCUT2D eigenvalue weighted by Gasteiger charge is 2.10. The number of aryl methyl sites for hydroxylation is 2. The van der Waals surface area contributed by atoms with Gasteiger partial charge in [-0.3, -0.25) is 0 Å². The lowest BCUT2D eigenvalue weighted by Gasteiger charge is -2.04. The first-order valence-corrected chi connectivity index (χ1v) is 4.85. The van der Waals surface area contributed by atoms with E-state index in [1.165, 1.54) is 0 Å². The van der Waals surface area contributed by atoms with Crippen molar-refractivity contribution in [3.63, 3.8) is 0 Å². The zero-order valence-corrected chi connectivity index (χ0v) is 8.82. The molecule has 0 amide bonds. The molecule has 0 fully saturated rings. The predicted octanol–water partition coefficient (Wildman–Crippen LogP) is 2.45. The van der Waals surface area contributed by atoms with Crippen LogP contribution < -0.4 is 0 Å². The van der Waals surface area contributed by atoms with Gasteiger partial charge in [0.05, 0.1) is 0 Å². The van der Waals surface area contributed by atoms with Gasteiger partial charge in [-0.2, -0.15) is 0 Å². The maximum atomic E-state index is 8.90. The van der Waals surface area contributed by atoms with Gasteiger partial charge in [0.15, 0.2) is 5.76 Å².